The maximum absolute atomic E-state index is 2.48. The molecule has 0 saturated carbocycles. The molecule has 0 heterocycles. The van der Waals surface area contributed by atoms with E-state index in [0.717, 1.165) is 0 Å². The van der Waals surface area contributed by atoms with Gasteiger partial charge in [-0.25, -0.2) is 0 Å². The molecule has 0 aliphatic heterocycles. The second-order valence-corrected chi connectivity index (χ2v) is 9.87. The van der Waals surface area contributed by atoms with Crippen LogP contribution in [0.1, 0.15) is 41.5 Å². The molecule has 0 N–H and O–H groups in total. The fourth-order valence-electron chi connectivity index (χ4n) is 3.89. The fourth-order valence-corrected chi connectivity index (χ4v) is 6.08. The Balaban J connectivity index is -0.00000110. The normalized spacial score (nSPS) is 22.2. The van der Waals surface area contributed by atoms with Gasteiger partial charge in [0.2, 0.25) is 0 Å². The van der Waals surface area contributed by atoms with Gasteiger partial charge in [0.15, 0.2) is 0 Å². The van der Waals surface area contributed by atoms with Gasteiger partial charge in [-0.1, -0.05) is 51.9 Å². The van der Waals surface area contributed by atoms with Gasteiger partial charge >= 0.3 is 26.2 Å². The van der Waals surface area contributed by atoms with Crippen LogP contribution in [0.4, 0.5) is 0 Å². The van der Waals surface area contributed by atoms with Gasteiger partial charge in [-0.2, -0.15) is 5.54 Å². The predicted molar refractivity (Wildman–Crippen MR) is 93.4 cm³/mol. The van der Waals surface area contributed by atoms with Crippen molar-refractivity contribution in [2.24, 2.45) is 11.8 Å². The van der Waals surface area contributed by atoms with Crippen molar-refractivity contribution in [2.45, 2.75) is 54.6 Å². The Morgan fingerprint density at radius 3 is 1.21 bits per heavy atom. The van der Waals surface area contributed by atoms with E-state index in [4.69, 9.17) is 0 Å². The van der Waals surface area contributed by atoms with E-state index in [-0.39, 0.29) is 63.4 Å². The van der Waals surface area contributed by atoms with Crippen LogP contribution in [0, 0.1) is 17.4 Å². The summed E-state index contributed by atoms with van der Waals surface area (Å²) in [5.74, 6) is 1.21. The van der Waals surface area contributed by atoms with E-state index >= 15 is 0 Å². The van der Waals surface area contributed by atoms with Crippen molar-refractivity contribution in [3.63, 3.8) is 0 Å². The van der Waals surface area contributed by atoms with Gasteiger partial charge < -0.3 is 37.2 Å². The van der Waals surface area contributed by atoms with Crippen LogP contribution in [0.3, 0.4) is 0 Å². The third kappa shape index (κ3) is 5.40. The maximum Gasteiger partial charge on any atom is 4.00 e. The Labute approximate surface area is 188 Å². The first-order chi connectivity index (χ1) is 9.25. The first-order valence-corrected chi connectivity index (χ1v) is 10.8. The Hall–Kier alpha value is 0.800. The SMILES string of the molecule is CC1=CC(C)=C([C-](C2=C(C)C=C(C)C2C)[SiH](C)C)C1C.[Cl-].[Cl-].[Cl-].[Zr+4]. The summed E-state index contributed by atoms with van der Waals surface area (Å²) in [4.78, 5) is 0. The first-order valence-electron chi connectivity index (χ1n) is 7.91. The van der Waals surface area contributed by atoms with Gasteiger partial charge in [0, 0.05) is 8.80 Å². The zero-order chi connectivity index (χ0) is 15.2. The number of allylic oxidation sites excluding steroid dienone is 8. The molecule has 0 radical (unpaired) electrons. The van der Waals surface area contributed by atoms with Crippen molar-refractivity contribution >= 4 is 8.80 Å². The third-order valence-corrected chi connectivity index (χ3v) is 6.90. The average Bonchev–Trinajstić information content (AvgIpc) is 2.72. The zero-order valence-electron chi connectivity index (χ0n) is 16.0. The summed E-state index contributed by atoms with van der Waals surface area (Å²) < 4.78 is 0. The van der Waals surface area contributed by atoms with Crippen LogP contribution >= 0.6 is 0 Å². The summed E-state index contributed by atoms with van der Waals surface area (Å²) in [5.41, 5.74) is 11.1. The van der Waals surface area contributed by atoms with Gasteiger partial charge in [-0.05, 0) is 25.7 Å². The Kier molecular flexibility index (Phi) is 14.2. The van der Waals surface area contributed by atoms with E-state index in [2.05, 4.69) is 66.8 Å². The van der Waals surface area contributed by atoms with E-state index in [1.807, 2.05) is 0 Å². The van der Waals surface area contributed by atoms with Crippen molar-refractivity contribution < 1.29 is 63.4 Å². The molecule has 0 spiro atoms. The minimum Gasteiger partial charge on any atom is -1.00 e. The molecule has 5 heteroatoms. The summed E-state index contributed by atoms with van der Waals surface area (Å²) in [6.45, 7) is 18.9. The molecule has 0 saturated heterocycles. The van der Waals surface area contributed by atoms with Gasteiger partial charge in [0.05, 0.1) is 0 Å². The van der Waals surface area contributed by atoms with E-state index in [1.165, 1.54) is 22.3 Å². The van der Waals surface area contributed by atoms with Crippen LogP contribution in [0.5, 0.6) is 0 Å². The predicted octanol–water partition coefficient (Wildman–Crippen LogP) is -3.58. The summed E-state index contributed by atoms with van der Waals surface area (Å²) >= 11 is 0. The molecule has 2 rings (SSSR count). The van der Waals surface area contributed by atoms with E-state index in [0.29, 0.717) is 11.8 Å². The standard InChI is InChI=1S/C19H29Si.3ClH.Zr/c1-11-9-13(3)17(15(11)5)19(20(7)8)18-14(4)10-12(2)16(18)6;;;;/h9-10,15-16,20H,1-8H3;3*1H;/q-1;;;;+4/p-3. The molecule has 2 atom stereocenters. The summed E-state index contributed by atoms with van der Waals surface area (Å²) in [7, 11) is -0.866. The summed E-state index contributed by atoms with van der Waals surface area (Å²) in [6.07, 6.45) is 4.79. The molecule has 0 aromatic carbocycles. The minimum absolute atomic E-state index is 0. The van der Waals surface area contributed by atoms with Crippen LogP contribution in [0.2, 0.25) is 13.1 Å². The number of hydrogen-bond donors (Lipinski definition) is 0. The van der Waals surface area contributed by atoms with E-state index < -0.39 is 8.80 Å². The van der Waals surface area contributed by atoms with Gasteiger partial charge in [-0.15, -0.1) is 34.4 Å². The van der Waals surface area contributed by atoms with Gasteiger partial charge in [0.1, 0.15) is 0 Å². The Morgan fingerprint density at radius 2 is 1.04 bits per heavy atom. The fraction of sp³-hybridized carbons (Fsp3) is 0.526. The minimum atomic E-state index is -0.866. The molecular formula is C19H29Cl3SiZr. The molecule has 24 heavy (non-hydrogen) atoms. The van der Waals surface area contributed by atoms with Crippen molar-refractivity contribution in [2.75, 3.05) is 0 Å². The molecule has 2 aliphatic rings. The van der Waals surface area contributed by atoms with Crippen molar-refractivity contribution in [3.8, 4) is 0 Å². The zero-order valence-corrected chi connectivity index (χ0v) is 21.9. The molecule has 0 nitrogen and oxygen atoms in total. The molecule has 0 fully saturated rings. The molecule has 0 aromatic rings. The van der Waals surface area contributed by atoms with Gasteiger partial charge in [0.25, 0.3) is 0 Å². The van der Waals surface area contributed by atoms with Crippen molar-refractivity contribution in [3.05, 3.63) is 51.1 Å². The molecular weight excluding hydrogens is 454 g/mol. The number of hydrogen-bond acceptors (Lipinski definition) is 0. The van der Waals surface area contributed by atoms with Crippen LogP contribution < -0.4 is 37.2 Å². The maximum atomic E-state index is 2.48. The molecule has 2 unspecified atom stereocenters. The monoisotopic (exact) mass is 480 g/mol. The van der Waals surface area contributed by atoms with Crippen molar-refractivity contribution in [1.29, 1.82) is 0 Å². The second-order valence-electron chi connectivity index (χ2n) is 6.98. The Morgan fingerprint density at radius 1 is 0.750 bits per heavy atom. The van der Waals surface area contributed by atoms with Crippen LogP contribution in [-0.2, 0) is 26.2 Å². The number of halogens is 3. The van der Waals surface area contributed by atoms with E-state index in [9.17, 15) is 0 Å². The molecule has 0 aromatic heterocycles. The smallest absolute Gasteiger partial charge is 1.00 e. The van der Waals surface area contributed by atoms with Gasteiger partial charge in [-0.3, -0.25) is 0 Å². The molecule has 134 valence electrons. The molecule has 0 amide bonds. The number of rotatable bonds is 3. The van der Waals surface area contributed by atoms with Crippen LogP contribution in [0.15, 0.2) is 45.6 Å². The van der Waals surface area contributed by atoms with Crippen LogP contribution in [0.25, 0.3) is 0 Å². The summed E-state index contributed by atoms with van der Waals surface area (Å²) in [6, 6.07) is 0. The quantitative estimate of drug-likeness (QED) is 0.288. The largest absolute Gasteiger partial charge is 4.00 e. The summed E-state index contributed by atoms with van der Waals surface area (Å²) in [5, 5.41) is 0. The first kappa shape index (κ1) is 29.6. The Bertz CT molecular complexity index is 513. The second kappa shape index (κ2) is 11.5. The topological polar surface area (TPSA) is 0 Å². The molecule has 0 bridgehead atoms. The average molecular weight is 483 g/mol. The van der Waals surface area contributed by atoms with Crippen LogP contribution in [-0.4, -0.2) is 8.80 Å². The molecule has 2 aliphatic carbocycles. The van der Waals surface area contributed by atoms with E-state index in [1.54, 1.807) is 16.7 Å². The third-order valence-electron chi connectivity index (χ3n) is 5.13. The van der Waals surface area contributed by atoms with Crippen molar-refractivity contribution in [1.82, 2.24) is 0 Å².